The van der Waals surface area contributed by atoms with Crippen LogP contribution in [0, 0.1) is 12.8 Å². The number of aromatic nitrogens is 5. The Kier molecular flexibility index (Phi) is 7.69. The summed E-state index contributed by atoms with van der Waals surface area (Å²) in [5.41, 5.74) is 2.61. The summed E-state index contributed by atoms with van der Waals surface area (Å²) in [6.07, 6.45) is 4.04. The van der Waals surface area contributed by atoms with Crippen LogP contribution in [0.5, 0.6) is 5.75 Å². The van der Waals surface area contributed by atoms with Crippen LogP contribution in [0.3, 0.4) is 0 Å². The van der Waals surface area contributed by atoms with Crippen molar-refractivity contribution in [2.45, 2.75) is 58.7 Å². The second-order valence-electron chi connectivity index (χ2n) is 9.01. The molecule has 2 atom stereocenters. The van der Waals surface area contributed by atoms with E-state index in [0.717, 1.165) is 37.0 Å². The first kappa shape index (κ1) is 24.3. The highest BCUT2D eigenvalue weighted by Gasteiger charge is 2.24. The Morgan fingerprint density at radius 3 is 2.86 bits per heavy atom. The molecule has 2 amide bonds. The number of nitrogens with one attached hydrogen (secondary N) is 2. The smallest absolute Gasteiger partial charge is 0.270 e. The number of amides is 2. The quantitative estimate of drug-likeness (QED) is 0.511. The molecule has 1 fully saturated rings. The van der Waals surface area contributed by atoms with E-state index in [9.17, 15) is 9.59 Å². The van der Waals surface area contributed by atoms with Crippen LogP contribution in [0.2, 0.25) is 0 Å². The van der Waals surface area contributed by atoms with Crippen molar-refractivity contribution in [2.24, 2.45) is 5.92 Å². The Hall–Kier alpha value is -3.82. The van der Waals surface area contributed by atoms with Crippen LogP contribution in [0.15, 0.2) is 36.4 Å². The average Bonchev–Trinajstić information content (AvgIpc) is 3.30. The maximum atomic E-state index is 12.8. The fraction of sp³-hybridized carbons (Fsp3) is 0.440. The Bertz CT molecular complexity index is 1190. The highest BCUT2D eigenvalue weighted by atomic mass is 16.5. The van der Waals surface area contributed by atoms with Gasteiger partial charge < -0.3 is 15.4 Å². The first-order chi connectivity index (χ1) is 16.9. The number of nitrogens with zero attached hydrogens (tertiary/aromatic N) is 5. The summed E-state index contributed by atoms with van der Waals surface area (Å²) in [6.45, 7) is 4.38. The minimum Gasteiger partial charge on any atom is -0.497 e. The van der Waals surface area contributed by atoms with Gasteiger partial charge in [0, 0.05) is 30.8 Å². The van der Waals surface area contributed by atoms with Crippen LogP contribution in [0.1, 0.15) is 54.4 Å². The maximum absolute atomic E-state index is 12.8. The molecule has 10 heteroatoms. The molecule has 0 aliphatic heterocycles. The van der Waals surface area contributed by atoms with E-state index in [-0.39, 0.29) is 17.9 Å². The van der Waals surface area contributed by atoms with E-state index in [1.807, 2.05) is 37.3 Å². The van der Waals surface area contributed by atoms with Crippen molar-refractivity contribution in [1.29, 1.82) is 0 Å². The Morgan fingerprint density at radius 1 is 1.20 bits per heavy atom. The molecule has 1 aliphatic rings. The van der Waals surface area contributed by atoms with Gasteiger partial charge in [-0.15, -0.1) is 10.2 Å². The lowest BCUT2D eigenvalue weighted by Crippen LogP contribution is -2.38. The summed E-state index contributed by atoms with van der Waals surface area (Å²) >= 11 is 0. The van der Waals surface area contributed by atoms with Gasteiger partial charge in [-0.25, -0.2) is 4.98 Å². The van der Waals surface area contributed by atoms with E-state index in [0.29, 0.717) is 41.8 Å². The number of hydrogen-bond acceptors (Lipinski definition) is 7. The van der Waals surface area contributed by atoms with E-state index in [1.165, 1.54) is 0 Å². The molecule has 0 spiro atoms. The number of benzene rings is 1. The number of rotatable bonds is 8. The first-order valence-electron chi connectivity index (χ1n) is 11.8. The molecule has 2 N–H and O–H groups in total. The Labute approximate surface area is 204 Å². The zero-order valence-electron chi connectivity index (χ0n) is 20.3. The van der Waals surface area contributed by atoms with Gasteiger partial charge in [-0.1, -0.05) is 18.6 Å². The normalized spacial score (nSPS) is 17.6. The fourth-order valence-corrected chi connectivity index (χ4v) is 4.51. The third kappa shape index (κ3) is 6.62. The van der Waals surface area contributed by atoms with Crippen molar-refractivity contribution in [1.82, 2.24) is 35.8 Å². The monoisotopic (exact) mass is 477 g/mol. The van der Waals surface area contributed by atoms with Crippen LogP contribution in [-0.2, 0) is 17.9 Å². The maximum Gasteiger partial charge on any atom is 0.270 e. The third-order valence-corrected chi connectivity index (χ3v) is 6.10. The molecule has 2 heterocycles. The van der Waals surface area contributed by atoms with Gasteiger partial charge in [-0.05, 0) is 67.1 Å². The van der Waals surface area contributed by atoms with Gasteiger partial charge in [0.05, 0.1) is 13.7 Å². The van der Waals surface area contributed by atoms with E-state index in [4.69, 9.17) is 4.74 Å². The number of aryl methyl sites for hydroxylation is 1. The average molecular weight is 478 g/mol. The van der Waals surface area contributed by atoms with Crippen molar-refractivity contribution in [2.75, 3.05) is 7.11 Å². The summed E-state index contributed by atoms with van der Waals surface area (Å²) in [4.78, 5) is 30.2. The first-order valence-corrected chi connectivity index (χ1v) is 11.8. The minimum absolute atomic E-state index is 0.00760. The van der Waals surface area contributed by atoms with Gasteiger partial charge in [-0.2, -0.15) is 4.80 Å². The van der Waals surface area contributed by atoms with E-state index in [1.54, 1.807) is 24.9 Å². The molecule has 1 aliphatic carbocycles. The van der Waals surface area contributed by atoms with Gasteiger partial charge in [0.15, 0.2) is 0 Å². The molecular weight excluding hydrogens is 446 g/mol. The highest BCUT2D eigenvalue weighted by molar-refractivity contribution is 5.93. The zero-order valence-corrected chi connectivity index (χ0v) is 20.3. The molecule has 1 saturated carbocycles. The molecule has 1 aromatic carbocycles. The Balaban J connectivity index is 1.41. The van der Waals surface area contributed by atoms with Crippen LogP contribution < -0.4 is 15.4 Å². The van der Waals surface area contributed by atoms with Crippen molar-refractivity contribution >= 4 is 11.8 Å². The number of hydrogen-bond donors (Lipinski definition) is 2. The molecule has 35 heavy (non-hydrogen) atoms. The van der Waals surface area contributed by atoms with E-state index >= 15 is 0 Å². The van der Waals surface area contributed by atoms with Gasteiger partial charge >= 0.3 is 0 Å². The van der Waals surface area contributed by atoms with Crippen molar-refractivity contribution < 1.29 is 14.3 Å². The summed E-state index contributed by atoms with van der Waals surface area (Å²) in [5.74, 6) is 1.29. The summed E-state index contributed by atoms with van der Waals surface area (Å²) in [5, 5.41) is 18.9. The van der Waals surface area contributed by atoms with Crippen molar-refractivity contribution in [3.05, 3.63) is 53.3 Å². The van der Waals surface area contributed by atoms with E-state index < -0.39 is 0 Å². The lowest BCUT2D eigenvalue weighted by Gasteiger charge is -2.28. The number of tetrazole rings is 1. The summed E-state index contributed by atoms with van der Waals surface area (Å²) in [6, 6.07) is 11.3. The second-order valence-corrected chi connectivity index (χ2v) is 9.01. The van der Waals surface area contributed by atoms with Crippen LogP contribution in [-0.4, -0.2) is 50.2 Å². The number of carbonyl (C=O) groups is 2. The van der Waals surface area contributed by atoms with Gasteiger partial charge in [0.2, 0.25) is 11.7 Å². The molecule has 0 bridgehead atoms. The van der Waals surface area contributed by atoms with E-state index in [2.05, 4.69) is 31.0 Å². The molecule has 0 unspecified atom stereocenters. The summed E-state index contributed by atoms with van der Waals surface area (Å²) < 4.78 is 5.23. The molecular formula is C25H31N7O3. The van der Waals surface area contributed by atoms with Crippen LogP contribution in [0.25, 0.3) is 11.4 Å². The molecule has 3 aromatic rings. The highest BCUT2D eigenvalue weighted by Crippen LogP contribution is 2.26. The predicted molar refractivity (Wildman–Crippen MR) is 130 cm³/mol. The molecule has 10 nitrogen and oxygen atoms in total. The topological polar surface area (TPSA) is 124 Å². The molecule has 0 saturated heterocycles. The molecule has 2 aromatic heterocycles. The number of carbonyl (C=O) groups excluding carboxylic acids is 2. The molecule has 0 radical (unpaired) electrons. The molecule has 184 valence electrons. The predicted octanol–water partition coefficient (Wildman–Crippen LogP) is 2.68. The number of ether oxygens (including phenoxy) is 1. The van der Waals surface area contributed by atoms with Crippen molar-refractivity contribution in [3.63, 3.8) is 0 Å². The second kappa shape index (κ2) is 11.1. The third-order valence-electron chi connectivity index (χ3n) is 6.10. The lowest BCUT2D eigenvalue weighted by atomic mass is 9.86. The minimum atomic E-state index is -0.281. The fourth-order valence-electron chi connectivity index (χ4n) is 4.51. The largest absolute Gasteiger partial charge is 0.497 e. The van der Waals surface area contributed by atoms with Gasteiger partial charge in [0.25, 0.3) is 5.91 Å². The standard InChI is InChI=1S/C25H31N7O3/c1-16-10-20(13-23(27-16)25(34)26-14-18-6-5-9-22(12-18)35-3)24-29-31-32(30-24)15-19-7-4-8-21(11-19)28-17(2)33/h5-6,9-10,12-13,19,21H,4,7-8,11,14-15H2,1-3H3,(H,26,34)(H,28,33)/t19-,21-/m1/s1. The number of methoxy groups -OCH3 is 1. The van der Waals surface area contributed by atoms with Crippen molar-refractivity contribution in [3.8, 4) is 17.1 Å². The van der Waals surface area contributed by atoms with Crippen LogP contribution in [0.4, 0.5) is 0 Å². The number of pyridine rings is 1. The van der Waals surface area contributed by atoms with Gasteiger partial charge in [-0.3, -0.25) is 9.59 Å². The Morgan fingerprint density at radius 2 is 2.06 bits per heavy atom. The SMILES string of the molecule is COc1cccc(CNC(=O)c2cc(-c3nnn(C[C@@H]4CCC[C@@H](NC(C)=O)C4)n3)cc(C)n2)c1. The lowest BCUT2D eigenvalue weighted by molar-refractivity contribution is -0.120. The van der Waals surface area contributed by atoms with Gasteiger partial charge in [0.1, 0.15) is 11.4 Å². The zero-order chi connectivity index (χ0) is 24.8. The molecule has 4 rings (SSSR count). The summed E-state index contributed by atoms with van der Waals surface area (Å²) in [7, 11) is 1.61. The van der Waals surface area contributed by atoms with Crippen LogP contribution >= 0.6 is 0 Å².